The summed E-state index contributed by atoms with van der Waals surface area (Å²) in [7, 11) is 0. The van der Waals surface area contributed by atoms with Gasteiger partial charge in [0, 0.05) is 6.20 Å². The zero-order valence-electron chi connectivity index (χ0n) is 13.9. The Labute approximate surface area is 151 Å². The first-order chi connectivity index (χ1) is 12.2. The first kappa shape index (κ1) is 16.3. The maximum atomic E-state index is 9.39. The van der Waals surface area contributed by atoms with Gasteiger partial charge in [-0.3, -0.25) is 0 Å². The zero-order chi connectivity index (χ0) is 17.3. The first-order valence-corrected chi connectivity index (χ1v) is 9.17. The molecule has 0 radical (unpaired) electrons. The van der Waals surface area contributed by atoms with E-state index < -0.39 is 5.54 Å². The third-order valence-electron chi connectivity index (χ3n) is 5.25. The lowest BCUT2D eigenvalue weighted by Crippen LogP contribution is -2.24. The van der Waals surface area contributed by atoms with E-state index in [-0.39, 0.29) is 11.3 Å². The molecule has 2 fully saturated rings. The predicted molar refractivity (Wildman–Crippen MR) is 92.8 cm³/mol. The van der Waals surface area contributed by atoms with Crippen LogP contribution in [0.5, 0.6) is 0 Å². The van der Waals surface area contributed by atoms with Crippen LogP contribution in [-0.4, -0.2) is 25.0 Å². The van der Waals surface area contributed by atoms with Crippen LogP contribution in [0.3, 0.4) is 0 Å². The van der Waals surface area contributed by atoms with Crippen LogP contribution >= 0.6 is 11.6 Å². The molecule has 0 spiro atoms. The highest BCUT2D eigenvalue weighted by atomic mass is 35.5. The van der Waals surface area contributed by atoms with Crippen LogP contribution in [-0.2, 0) is 5.54 Å². The quantitative estimate of drug-likeness (QED) is 0.823. The van der Waals surface area contributed by atoms with Gasteiger partial charge in [0.1, 0.15) is 11.5 Å². The van der Waals surface area contributed by atoms with Gasteiger partial charge in [-0.25, -0.2) is 14.6 Å². The number of aromatic nitrogens is 5. The number of hydrogen-bond acceptors (Lipinski definition) is 6. The molecule has 2 heterocycles. The highest BCUT2D eigenvalue weighted by Crippen LogP contribution is 2.43. The highest BCUT2D eigenvalue weighted by molar-refractivity contribution is 6.28. The van der Waals surface area contributed by atoms with E-state index in [4.69, 9.17) is 11.6 Å². The summed E-state index contributed by atoms with van der Waals surface area (Å²) in [6, 6.07) is 4.18. The Balaban J connectivity index is 1.62. The molecular formula is C17H20ClN7. The summed E-state index contributed by atoms with van der Waals surface area (Å²) in [6.07, 6.45) is 11.3. The van der Waals surface area contributed by atoms with Crippen molar-refractivity contribution in [3.8, 4) is 6.07 Å². The van der Waals surface area contributed by atoms with Crippen molar-refractivity contribution >= 4 is 17.4 Å². The summed E-state index contributed by atoms with van der Waals surface area (Å²) in [6.45, 7) is 0. The fraction of sp³-hybridized carbons (Fsp3) is 0.588. The van der Waals surface area contributed by atoms with E-state index in [1.165, 1.54) is 19.3 Å². The van der Waals surface area contributed by atoms with Gasteiger partial charge >= 0.3 is 0 Å². The molecule has 7 nitrogen and oxygen atoms in total. The van der Waals surface area contributed by atoms with Gasteiger partial charge in [-0.15, -0.1) is 5.10 Å². The van der Waals surface area contributed by atoms with Crippen LogP contribution in [0, 0.1) is 17.2 Å². The molecule has 0 amide bonds. The van der Waals surface area contributed by atoms with E-state index in [1.54, 1.807) is 10.9 Å². The summed E-state index contributed by atoms with van der Waals surface area (Å²) >= 11 is 5.92. The molecule has 0 bridgehead atoms. The van der Waals surface area contributed by atoms with Gasteiger partial charge in [0.05, 0.1) is 18.3 Å². The molecule has 8 heteroatoms. The second kappa shape index (κ2) is 6.60. The Morgan fingerprint density at radius 3 is 2.80 bits per heavy atom. The molecule has 0 aromatic carbocycles. The number of nitriles is 1. The molecule has 130 valence electrons. The monoisotopic (exact) mass is 357 g/mol. The van der Waals surface area contributed by atoms with Crippen molar-refractivity contribution in [2.24, 2.45) is 5.92 Å². The first-order valence-electron chi connectivity index (χ1n) is 8.79. The molecule has 2 aliphatic rings. The number of nitrogens with one attached hydrogen (secondary N) is 1. The van der Waals surface area contributed by atoms with Crippen LogP contribution in [0.2, 0.25) is 5.28 Å². The number of hydrogen-bond donors (Lipinski definition) is 1. The topological polar surface area (TPSA) is 92.3 Å². The Morgan fingerprint density at radius 2 is 2.12 bits per heavy atom. The number of nitrogens with zero attached hydrogens (tertiary/aromatic N) is 6. The van der Waals surface area contributed by atoms with Crippen molar-refractivity contribution in [3.05, 3.63) is 29.4 Å². The average Bonchev–Trinajstić information content (AvgIpc) is 3.29. The van der Waals surface area contributed by atoms with Crippen LogP contribution in [0.1, 0.15) is 56.7 Å². The van der Waals surface area contributed by atoms with Gasteiger partial charge in [-0.05, 0) is 49.3 Å². The van der Waals surface area contributed by atoms with Crippen molar-refractivity contribution in [2.45, 2.75) is 56.5 Å². The minimum absolute atomic E-state index is 0.00881. The summed E-state index contributed by atoms with van der Waals surface area (Å²) in [5.74, 6) is 1.15. The normalized spacial score (nSPS) is 20.6. The fourth-order valence-electron chi connectivity index (χ4n) is 3.61. The molecule has 2 aliphatic carbocycles. The second-order valence-corrected chi connectivity index (χ2v) is 7.30. The summed E-state index contributed by atoms with van der Waals surface area (Å²) in [5.41, 5.74) is 0.379. The lowest BCUT2D eigenvalue weighted by molar-refractivity contribution is 0.317. The number of anilines is 1. The van der Waals surface area contributed by atoms with E-state index in [1.807, 2.05) is 12.3 Å². The van der Waals surface area contributed by atoms with E-state index in [0.29, 0.717) is 11.7 Å². The lowest BCUT2D eigenvalue weighted by atomic mass is 9.83. The molecule has 2 saturated carbocycles. The SMILES string of the molecule is N#CC1(n2cc(C(Nc3ccnc(Cl)n3)C3CCCCC3)nn2)CC1. The van der Waals surface area contributed by atoms with Gasteiger partial charge in [0.2, 0.25) is 5.28 Å². The zero-order valence-corrected chi connectivity index (χ0v) is 14.7. The summed E-state index contributed by atoms with van der Waals surface area (Å²) in [5, 5.41) is 21.7. The molecular weight excluding hydrogens is 338 g/mol. The van der Waals surface area contributed by atoms with Crippen molar-refractivity contribution < 1.29 is 0 Å². The standard InChI is InChI=1S/C17H20ClN7/c18-16-20-9-6-14(22-16)21-15(12-4-2-1-3-5-12)13-10-25(24-23-13)17(11-19)7-8-17/h6,9-10,12,15H,1-5,7-8H2,(H,20,21,22). The van der Waals surface area contributed by atoms with Crippen molar-refractivity contribution in [1.29, 1.82) is 5.26 Å². The molecule has 2 aromatic rings. The molecule has 0 aliphatic heterocycles. The average molecular weight is 358 g/mol. The number of halogens is 1. The molecule has 1 atom stereocenters. The van der Waals surface area contributed by atoms with Crippen molar-refractivity contribution in [3.63, 3.8) is 0 Å². The minimum atomic E-state index is -0.486. The Kier molecular flexibility index (Phi) is 4.30. The van der Waals surface area contributed by atoms with Gasteiger partial charge in [-0.2, -0.15) is 5.26 Å². The molecule has 1 unspecified atom stereocenters. The minimum Gasteiger partial charge on any atom is -0.361 e. The maximum absolute atomic E-state index is 9.39. The highest BCUT2D eigenvalue weighted by Gasteiger charge is 2.47. The van der Waals surface area contributed by atoms with Crippen molar-refractivity contribution in [2.75, 3.05) is 5.32 Å². The van der Waals surface area contributed by atoms with Crippen molar-refractivity contribution in [1.82, 2.24) is 25.0 Å². The van der Waals surface area contributed by atoms with Crippen LogP contribution in [0.4, 0.5) is 5.82 Å². The third kappa shape index (κ3) is 3.31. The van der Waals surface area contributed by atoms with E-state index in [0.717, 1.165) is 31.4 Å². The van der Waals surface area contributed by atoms with Gasteiger partial charge in [0.25, 0.3) is 0 Å². The molecule has 0 saturated heterocycles. The van der Waals surface area contributed by atoms with E-state index in [9.17, 15) is 5.26 Å². The predicted octanol–water partition coefficient (Wildman–Crippen LogP) is 3.47. The Hall–Kier alpha value is -2.20. The third-order valence-corrected chi connectivity index (χ3v) is 5.43. The van der Waals surface area contributed by atoms with E-state index in [2.05, 4.69) is 31.7 Å². The van der Waals surface area contributed by atoms with Crippen LogP contribution in [0.25, 0.3) is 0 Å². The molecule has 4 rings (SSSR count). The van der Waals surface area contributed by atoms with Gasteiger partial charge in [0.15, 0.2) is 5.54 Å². The maximum Gasteiger partial charge on any atom is 0.224 e. The molecule has 25 heavy (non-hydrogen) atoms. The Bertz CT molecular complexity index is 786. The summed E-state index contributed by atoms with van der Waals surface area (Å²) in [4.78, 5) is 8.19. The Morgan fingerprint density at radius 1 is 1.32 bits per heavy atom. The molecule has 2 aromatic heterocycles. The van der Waals surface area contributed by atoms with Crippen LogP contribution < -0.4 is 5.32 Å². The lowest BCUT2D eigenvalue weighted by Gasteiger charge is -2.30. The van der Waals surface area contributed by atoms with Crippen LogP contribution in [0.15, 0.2) is 18.5 Å². The largest absolute Gasteiger partial charge is 0.361 e. The number of rotatable bonds is 5. The molecule has 1 N–H and O–H groups in total. The smallest absolute Gasteiger partial charge is 0.224 e. The summed E-state index contributed by atoms with van der Waals surface area (Å²) < 4.78 is 1.73. The second-order valence-electron chi connectivity index (χ2n) is 6.96. The van der Waals surface area contributed by atoms with Gasteiger partial charge < -0.3 is 5.32 Å². The van der Waals surface area contributed by atoms with E-state index >= 15 is 0 Å². The van der Waals surface area contributed by atoms with Gasteiger partial charge in [-0.1, -0.05) is 24.5 Å². The fourth-order valence-corrected chi connectivity index (χ4v) is 3.76.